The van der Waals surface area contributed by atoms with Crippen molar-refractivity contribution in [3.05, 3.63) is 88.0 Å². The molecule has 0 aliphatic carbocycles. The Labute approximate surface area is 184 Å². The number of aryl methyl sites for hydroxylation is 2. The van der Waals surface area contributed by atoms with Crippen LogP contribution in [0.2, 0.25) is 0 Å². The molecular weight excluding hydrogens is 449 g/mol. The first-order valence-electron chi connectivity index (χ1n) is 9.37. The normalized spacial score (nSPS) is 11.2. The summed E-state index contributed by atoms with van der Waals surface area (Å²) in [6.07, 6.45) is -4.73. The Bertz CT molecular complexity index is 1250. The number of hydrogen-bond acceptors (Lipinski definition) is 3. The molecule has 0 aromatic heterocycles. The number of hydrogen-bond donors (Lipinski definition) is 2. The Balaban J connectivity index is 2.03. The predicted molar refractivity (Wildman–Crippen MR) is 109 cm³/mol. The molecular formula is C23H16F5NO4. The average molecular weight is 465 g/mol. The van der Waals surface area contributed by atoms with Crippen LogP contribution in [0.3, 0.4) is 0 Å². The molecule has 3 rings (SSSR count). The van der Waals surface area contributed by atoms with E-state index in [1.165, 1.54) is 26.0 Å². The Morgan fingerprint density at radius 1 is 0.879 bits per heavy atom. The molecule has 0 bridgehead atoms. The third kappa shape index (κ3) is 5.28. The molecule has 0 fully saturated rings. The number of carboxylic acid groups (broad SMARTS) is 1. The van der Waals surface area contributed by atoms with E-state index in [1.54, 1.807) is 0 Å². The second-order valence-corrected chi connectivity index (χ2v) is 7.13. The zero-order chi connectivity index (χ0) is 24.5. The van der Waals surface area contributed by atoms with Gasteiger partial charge in [0, 0.05) is 5.69 Å². The van der Waals surface area contributed by atoms with E-state index in [9.17, 15) is 31.5 Å². The minimum absolute atomic E-state index is 0.0237. The van der Waals surface area contributed by atoms with Crippen molar-refractivity contribution in [3.63, 3.8) is 0 Å². The summed E-state index contributed by atoms with van der Waals surface area (Å²) in [6, 6.07) is 7.61. The van der Waals surface area contributed by atoms with Gasteiger partial charge in [0.05, 0.1) is 16.7 Å². The highest BCUT2D eigenvalue weighted by Gasteiger charge is 2.32. The lowest BCUT2D eigenvalue weighted by Crippen LogP contribution is -2.15. The number of carbonyl (C=O) groups excluding carboxylic acids is 1. The van der Waals surface area contributed by atoms with Crippen LogP contribution in [0.1, 0.15) is 37.4 Å². The van der Waals surface area contributed by atoms with Crippen molar-refractivity contribution in [1.29, 1.82) is 0 Å². The van der Waals surface area contributed by atoms with Gasteiger partial charge in [-0.15, -0.1) is 0 Å². The van der Waals surface area contributed by atoms with Crippen molar-refractivity contribution in [2.75, 3.05) is 5.32 Å². The van der Waals surface area contributed by atoms with Crippen molar-refractivity contribution in [3.8, 4) is 11.5 Å². The molecule has 33 heavy (non-hydrogen) atoms. The maximum Gasteiger partial charge on any atom is 0.416 e. The molecule has 172 valence electrons. The molecule has 2 N–H and O–H groups in total. The molecule has 3 aromatic rings. The van der Waals surface area contributed by atoms with E-state index in [2.05, 4.69) is 5.32 Å². The van der Waals surface area contributed by atoms with Gasteiger partial charge in [-0.05, 0) is 73.5 Å². The fourth-order valence-electron chi connectivity index (χ4n) is 3.01. The molecule has 0 radical (unpaired) electrons. The number of halogens is 5. The largest absolute Gasteiger partial charge is 0.478 e. The van der Waals surface area contributed by atoms with Crippen LogP contribution in [0, 0.1) is 25.5 Å². The molecule has 3 aromatic carbocycles. The smallest absolute Gasteiger partial charge is 0.416 e. The number of nitrogens with one attached hydrogen (secondary N) is 1. The number of ether oxygens (including phenoxy) is 1. The first kappa shape index (κ1) is 23.7. The Kier molecular flexibility index (Phi) is 6.39. The van der Waals surface area contributed by atoms with Crippen LogP contribution in [-0.4, -0.2) is 17.0 Å². The van der Waals surface area contributed by atoms with Crippen LogP contribution in [0.25, 0.3) is 0 Å². The highest BCUT2D eigenvalue weighted by Crippen LogP contribution is 2.36. The fourth-order valence-corrected chi connectivity index (χ4v) is 3.01. The summed E-state index contributed by atoms with van der Waals surface area (Å²) in [7, 11) is 0. The van der Waals surface area contributed by atoms with Gasteiger partial charge in [0.1, 0.15) is 23.1 Å². The zero-order valence-corrected chi connectivity index (χ0v) is 17.2. The van der Waals surface area contributed by atoms with Crippen LogP contribution >= 0.6 is 0 Å². The summed E-state index contributed by atoms with van der Waals surface area (Å²) < 4.78 is 72.5. The molecule has 1 amide bonds. The Morgan fingerprint density at radius 3 is 2.18 bits per heavy atom. The summed E-state index contributed by atoms with van der Waals surface area (Å²) in [5.74, 6) is -4.49. The highest BCUT2D eigenvalue weighted by molar-refractivity contribution is 6.07. The van der Waals surface area contributed by atoms with Crippen LogP contribution in [-0.2, 0) is 6.18 Å². The monoisotopic (exact) mass is 465 g/mol. The first-order valence-corrected chi connectivity index (χ1v) is 9.37. The van der Waals surface area contributed by atoms with Gasteiger partial charge < -0.3 is 15.2 Å². The molecule has 0 aliphatic heterocycles. The number of benzene rings is 3. The summed E-state index contributed by atoms with van der Waals surface area (Å²) in [5, 5.41) is 11.5. The molecule has 0 atom stereocenters. The maximum atomic E-state index is 14.0. The SMILES string of the molecule is Cc1cc(F)ccc1Oc1cc(C(F)(F)F)ccc1C(=O)Nc1cc(C)c(F)c(C(=O)O)c1. The van der Waals surface area contributed by atoms with Gasteiger partial charge >= 0.3 is 12.1 Å². The van der Waals surface area contributed by atoms with Crippen LogP contribution in [0.5, 0.6) is 11.5 Å². The number of carbonyl (C=O) groups is 2. The lowest BCUT2D eigenvalue weighted by molar-refractivity contribution is -0.137. The topological polar surface area (TPSA) is 75.6 Å². The molecule has 0 aliphatic rings. The van der Waals surface area contributed by atoms with E-state index in [1.807, 2.05) is 0 Å². The van der Waals surface area contributed by atoms with Crippen molar-refractivity contribution in [1.82, 2.24) is 0 Å². The maximum absolute atomic E-state index is 14.0. The van der Waals surface area contributed by atoms with Gasteiger partial charge in [-0.3, -0.25) is 4.79 Å². The second-order valence-electron chi connectivity index (χ2n) is 7.13. The van der Waals surface area contributed by atoms with Crippen molar-refractivity contribution in [2.24, 2.45) is 0 Å². The van der Waals surface area contributed by atoms with E-state index in [-0.39, 0.29) is 28.1 Å². The highest BCUT2D eigenvalue weighted by atomic mass is 19.4. The molecule has 0 heterocycles. The summed E-state index contributed by atoms with van der Waals surface area (Å²) >= 11 is 0. The molecule has 0 unspecified atom stereocenters. The number of rotatable bonds is 5. The van der Waals surface area contributed by atoms with Gasteiger partial charge in [-0.25, -0.2) is 13.6 Å². The minimum Gasteiger partial charge on any atom is -0.478 e. The third-order valence-corrected chi connectivity index (χ3v) is 4.65. The van der Waals surface area contributed by atoms with E-state index in [0.717, 1.165) is 24.3 Å². The number of aromatic carboxylic acids is 1. The third-order valence-electron chi connectivity index (χ3n) is 4.65. The van der Waals surface area contributed by atoms with Crippen LogP contribution in [0.15, 0.2) is 48.5 Å². The number of alkyl halides is 3. The molecule has 10 heteroatoms. The summed E-state index contributed by atoms with van der Waals surface area (Å²) in [6.45, 7) is 2.77. The van der Waals surface area contributed by atoms with Gasteiger partial charge in [0.25, 0.3) is 5.91 Å². The quantitative estimate of drug-likeness (QED) is 0.431. The number of carboxylic acids is 1. The lowest BCUT2D eigenvalue weighted by Gasteiger charge is -2.16. The van der Waals surface area contributed by atoms with E-state index >= 15 is 0 Å². The molecule has 0 spiro atoms. The van der Waals surface area contributed by atoms with E-state index in [4.69, 9.17) is 9.84 Å². The van der Waals surface area contributed by atoms with Crippen molar-refractivity contribution < 1.29 is 41.4 Å². The first-order chi connectivity index (χ1) is 15.4. The molecule has 0 saturated carbocycles. The Morgan fingerprint density at radius 2 is 1.58 bits per heavy atom. The van der Waals surface area contributed by atoms with Gasteiger partial charge in [-0.2, -0.15) is 13.2 Å². The summed E-state index contributed by atoms with van der Waals surface area (Å²) in [4.78, 5) is 24.0. The van der Waals surface area contributed by atoms with E-state index in [0.29, 0.717) is 12.1 Å². The van der Waals surface area contributed by atoms with Crippen LogP contribution in [0.4, 0.5) is 27.6 Å². The zero-order valence-electron chi connectivity index (χ0n) is 17.2. The van der Waals surface area contributed by atoms with Crippen LogP contribution < -0.4 is 10.1 Å². The fraction of sp³-hybridized carbons (Fsp3) is 0.130. The second kappa shape index (κ2) is 8.89. The number of anilines is 1. The van der Waals surface area contributed by atoms with Gasteiger partial charge in [-0.1, -0.05) is 0 Å². The molecule has 0 saturated heterocycles. The average Bonchev–Trinajstić information content (AvgIpc) is 2.71. The number of amides is 1. The van der Waals surface area contributed by atoms with Crippen molar-refractivity contribution >= 4 is 17.6 Å². The molecule has 5 nitrogen and oxygen atoms in total. The standard InChI is InChI=1S/C23H16F5NO4/c1-11-7-14(24)4-6-18(11)33-19-9-13(23(26,27)28)3-5-16(19)21(30)29-15-8-12(2)20(25)17(10-15)22(31)32/h3-10H,1-2H3,(H,29,30)(H,31,32). The minimum atomic E-state index is -4.73. The summed E-state index contributed by atoms with van der Waals surface area (Å²) in [5.41, 5.74) is -1.95. The van der Waals surface area contributed by atoms with Gasteiger partial charge in [0.2, 0.25) is 0 Å². The lowest BCUT2D eigenvalue weighted by atomic mass is 10.1. The Hall–Kier alpha value is -3.95. The predicted octanol–water partition coefficient (Wildman–Crippen LogP) is 6.34. The van der Waals surface area contributed by atoms with Gasteiger partial charge in [0.15, 0.2) is 0 Å². The van der Waals surface area contributed by atoms with E-state index < -0.39 is 46.6 Å². The van der Waals surface area contributed by atoms with Crippen molar-refractivity contribution in [2.45, 2.75) is 20.0 Å².